The average molecular weight is 389 g/mol. The topological polar surface area (TPSA) is 41.6 Å². The van der Waals surface area contributed by atoms with E-state index in [2.05, 4.69) is 10.2 Å². The fourth-order valence-corrected chi connectivity index (χ4v) is 7.63. The van der Waals surface area contributed by atoms with E-state index in [0.717, 1.165) is 43.4 Å². The number of likely N-dealkylation sites (tertiary alicyclic amines) is 1. The Kier molecular flexibility index (Phi) is 5.71. The number of nitrogens with zero attached hydrogens (tertiary/aromatic N) is 1. The maximum atomic E-state index is 13.1. The monoisotopic (exact) mass is 388 g/mol. The van der Waals surface area contributed by atoms with Gasteiger partial charge < -0.3 is 15.0 Å². The van der Waals surface area contributed by atoms with E-state index in [1.54, 1.807) is 0 Å². The summed E-state index contributed by atoms with van der Waals surface area (Å²) in [6.07, 6.45) is 14.2. The van der Waals surface area contributed by atoms with Crippen LogP contribution in [0.1, 0.15) is 70.6 Å². The molecule has 4 saturated carbocycles. The van der Waals surface area contributed by atoms with Crippen molar-refractivity contribution in [3.8, 4) is 0 Å². The predicted octanol–water partition coefficient (Wildman–Crippen LogP) is 3.85. The molecule has 0 aromatic rings. The number of piperidine rings is 1. The van der Waals surface area contributed by atoms with Crippen LogP contribution >= 0.6 is 0 Å². The standard InChI is InChI=1S/C24H40N2O2/c27-23(24-14-20-11-21(15-24)13-22(12-20)16-24)25-17-19-2-7-26(8-3-19)6-1-18-4-9-28-10-5-18/h18-22H,1-17H2,(H,25,27). The van der Waals surface area contributed by atoms with Crippen molar-refractivity contribution in [3.63, 3.8) is 0 Å². The Morgan fingerprint density at radius 2 is 1.50 bits per heavy atom. The van der Waals surface area contributed by atoms with E-state index in [9.17, 15) is 4.79 Å². The summed E-state index contributed by atoms with van der Waals surface area (Å²) < 4.78 is 5.48. The largest absolute Gasteiger partial charge is 0.381 e. The van der Waals surface area contributed by atoms with Crippen LogP contribution in [-0.4, -0.2) is 50.2 Å². The molecule has 0 unspecified atom stereocenters. The number of amides is 1. The number of hydrogen-bond donors (Lipinski definition) is 1. The minimum Gasteiger partial charge on any atom is -0.381 e. The highest BCUT2D eigenvalue weighted by Crippen LogP contribution is 2.60. The first-order valence-electron chi connectivity index (χ1n) is 12.3. The molecule has 6 fully saturated rings. The van der Waals surface area contributed by atoms with Crippen molar-refractivity contribution < 1.29 is 9.53 Å². The lowest BCUT2D eigenvalue weighted by Crippen LogP contribution is -2.54. The van der Waals surface area contributed by atoms with E-state index in [4.69, 9.17) is 4.74 Å². The molecule has 1 N–H and O–H groups in total. The van der Waals surface area contributed by atoms with Crippen LogP contribution in [0.5, 0.6) is 0 Å². The van der Waals surface area contributed by atoms with Crippen LogP contribution in [-0.2, 0) is 9.53 Å². The van der Waals surface area contributed by atoms with Crippen molar-refractivity contribution in [3.05, 3.63) is 0 Å². The van der Waals surface area contributed by atoms with Crippen molar-refractivity contribution in [1.82, 2.24) is 10.2 Å². The second-order valence-corrected chi connectivity index (χ2v) is 11.0. The summed E-state index contributed by atoms with van der Waals surface area (Å²) >= 11 is 0. The maximum absolute atomic E-state index is 13.1. The van der Waals surface area contributed by atoms with Crippen molar-refractivity contribution in [1.29, 1.82) is 0 Å². The van der Waals surface area contributed by atoms with Crippen LogP contribution in [0, 0.1) is 35.0 Å². The van der Waals surface area contributed by atoms with Gasteiger partial charge >= 0.3 is 0 Å². The molecule has 4 heteroatoms. The highest BCUT2D eigenvalue weighted by atomic mass is 16.5. The summed E-state index contributed by atoms with van der Waals surface area (Å²) in [6, 6.07) is 0. The second kappa shape index (κ2) is 8.26. The normalized spacial score (nSPS) is 39.4. The highest BCUT2D eigenvalue weighted by Gasteiger charge is 2.54. The van der Waals surface area contributed by atoms with Crippen LogP contribution in [0.25, 0.3) is 0 Å². The van der Waals surface area contributed by atoms with Crippen LogP contribution in [0.3, 0.4) is 0 Å². The smallest absolute Gasteiger partial charge is 0.226 e. The number of nitrogens with one attached hydrogen (secondary N) is 1. The van der Waals surface area contributed by atoms with Gasteiger partial charge in [0.1, 0.15) is 0 Å². The Balaban J connectivity index is 1.03. The van der Waals surface area contributed by atoms with E-state index in [1.807, 2.05) is 0 Å². The van der Waals surface area contributed by atoms with Crippen LogP contribution in [0.4, 0.5) is 0 Å². The van der Waals surface area contributed by atoms with Crippen molar-refractivity contribution in [2.24, 2.45) is 35.0 Å². The fraction of sp³-hybridized carbons (Fsp3) is 0.958. The summed E-state index contributed by atoms with van der Waals surface area (Å²) in [5.41, 5.74) is 0.0269. The molecule has 4 bridgehead atoms. The molecular weight excluding hydrogens is 348 g/mol. The quantitative estimate of drug-likeness (QED) is 0.751. The first-order chi connectivity index (χ1) is 13.7. The first kappa shape index (κ1) is 19.4. The van der Waals surface area contributed by atoms with E-state index in [0.29, 0.717) is 11.8 Å². The molecule has 28 heavy (non-hydrogen) atoms. The predicted molar refractivity (Wildman–Crippen MR) is 111 cm³/mol. The fourth-order valence-electron chi connectivity index (χ4n) is 7.63. The number of carbonyl (C=O) groups is 1. The summed E-state index contributed by atoms with van der Waals surface area (Å²) in [7, 11) is 0. The maximum Gasteiger partial charge on any atom is 0.226 e. The zero-order valence-electron chi connectivity index (χ0n) is 17.7. The zero-order chi connectivity index (χ0) is 19.0. The van der Waals surface area contributed by atoms with Crippen molar-refractivity contribution >= 4 is 5.91 Å². The molecule has 2 saturated heterocycles. The molecule has 2 heterocycles. The lowest BCUT2D eigenvalue weighted by Gasteiger charge is -2.55. The number of hydrogen-bond acceptors (Lipinski definition) is 3. The van der Waals surface area contributed by atoms with E-state index in [1.165, 1.54) is 90.3 Å². The van der Waals surface area contributed by atoms with E-state index >= 15 is 0 Å². The molecule has 158 valence electrons. The molecular formula is C24H40N2O2. The third-order valence-electron chi connectivity index (χ3n) is 8.97. The summed E-state index contributed by atoms with van der Waals surface area (Å²) in [5, 5.41) is 3.44. The minimum atomic E-state index is 0.0269. The van der Waals surface area contributed by atoms with Crippen LogP contribution in [0.15, 0.2) is 0 Å². The zero-order valence-corrected chi connectivity index (χ0v) is 17.7. The molecule has 0 radical (unpaired) electrons. The highest BCUT2D eigenvalue weighted by molar-refractivity contribution is 5.83. The van der Waals surface area contributed by atoms with Gasteiger partial charge in [-0.1, -0.05) is 0 Å². The Hall–Kier alpha value is -0.610. The number of ether oxygens (including phenoxy) is 1. The Labute approximate surface area is 171 Å². The third kappa shape index (κ3) is 4.14. The lowest BCUT2D eigenvalue weighted by molar-refractivity contribution is -0.146. The van der Waals surface area contributed by atoms with E-state index < -0.39 is 0 Å². The average Bonchev–Trinajstić information content (AvgIpc) is 2.71. The SMILES string of the molecule is O=C(NCC1CCN(CCC2CCOCC2)CC1)C12CC3CC(CC(C3)C1)C2. The van der Waals surface area contributed by atoms with Crippen molar-refractivity contribution in [2.45, 2.75) is 70.6 Å². The Morgan fingerprint density at radius 3 is 2.11 bits per heavy atom. The molecule has 0 atom stereocenters. The first-order valence-corrected chi connectivity index (χ1v) is 12.3. The van der Waals surface area contributed by atoms with Crippen molar-refractivity contribution in [2.75, 3.05) is 39.4 Å². The van der Waals surface area contributed by atoms with Gasteiger partial charge in [-0.2, -0.15) is 0 Å². The molecule has 2 aliphatic heterocycles. The molecule has 6 aliphatic rings. The van der Waals surface area contributed by atoms with Gasteiger partial charge in [0.2, 0.25) is 5.91 Å². The second-order valence-electron chi connectivity index (χ2n) is 11.0. The Morgan fingerprint density at radius 1 is 0.893 bits per heavy atom. The molecule has 0 spiro atoms. The van der Waals surface area contributed by atoms with Crippen LogP contribution < -0.4 is 5.32 Å². The van der Waals surface area contributed by atoms with Gasteiger partial charge in [0.05, 0.1) is 0 Å². The molecule has 4 aliphatic carbocycles. The van der Waals surface area contributed by atoms with Crippen LogP contribution in [0.2, 0.25) is 0 Å². The molecule has 1 amide bonds. The molecule has 0 aromatic carbocycles. The minimum absolute atomic E-state index is 0.0269. The summed E-state index contributed by atoms with van der Waals surface area (Å²) in [5.74, 6) is 4.57. The Bertz CT molecular complexity index is 514. The molecule has 4 nitrogen and oxygen atoms in total. The van der Waals surface area contributed by atoms with Gasteiger partial charge in [0, 0.05) is 25.2 Å². The van der Waals surface area contributed by atoms with E-state index in [-0.39, 0.29) is 5.41 Å². The lowest BCUT2D eigenvalue weighted by atomic mass is 9.49. The van der Waals surface area contributed by atoms with Gasteiger partial charge in [0.25, 0.3) is 0 Å². The number of carbonyl (C=O) groups excluding carboxylic acids is 1. The van der Waals surface area contributed by atoms with Gasteiger partial charge in [-0.05, 0) is 120 Å². The summed E-state index contributed by atoms with van der Waals surface area (Å²) in [6.45, 7) is 6.57. The van der Waals surface area contributed by atoms with Gasteiger partial charge in [-0.3, -0.25) is 4.79 Å². The van der Waals surface area contributed by atoms with Gasteiger partial charge in [-0.15, -0.1) is 0 Å². The third-order valence-corrected chi connectivity index (χ3v) is 8.97. The molecule has 6 rings (SSSR count). The number of rotatable bonds is 6. The summed E-state index contributed by atoms with van der Waals surface area (Å²) in [4.78, 5) is 15.8. The molecule has 0 aromatic heterocycles. The van der Waals surface area contributed by atoms with Gasteiger partial charge in [0.15, 0.2) is 0 Å². The van der Waals surface area contributed by atoms with Gasteiger partial charge in [-0.25, -0.2) is 0 Å².